The van der Waals surface area contributed by atoms with Crippen LogP contribution >= 0.6 is 0 Å². The Morgan fingerprint density at radius 2 is 1.86 bits per heavy atom. The molecular formula is C18H18O4. The van der Waals surface area contributed by atoms with Gasteiger partial charge in [0.25, 0.3) is 0 Å². The van der Waals surface area contributed by atoms with Crippen LogP contribution in [0.5, 0.6) is 0 Å². The van der Waals surface area contributed by atoms with Gasteiger partial charge in [0.1, 0.15) is 0 Å². The summed E-state index contributed by atoms with van der Waals surface area (Å²) in [4.78, 5) is 16.2. The highest BCUT2D eigenvalue weighted by molar-refractivity contribution is 6.06. The Morgan fingerprint density at radius 1 is 1.09 bits per heavy atom. The molecule has 22 heavy (non-hydrogen) atoms. The number of aliphatic hydroxyl groups excluding tert-OH is 1. The van der Waals surface area contributed by atoms with Gasteiger partial charge in [-0.05, 0) is 35.3 Å². The molecule has 4 nitrogen and oxygen atoms in total. The molecule has 0 amide bonds. The van der Waals surface area contributed by atoms with Gasteiger partial charge in [-0.3, -0.25) is 10.1 Å². The smallest absolute Gasteiger partial charge is 0.185 e. The summed E-state index contributed by atoms with van der Waals surface area (Å²) < 4.78 is 0. The lowest BCUT2D eigenvalue weighted by Gasteiger charge is -2.08. The van der Waals surface area contributed by atoms with Crippen molar-refractivity contribution in [2.45, 2.75) is 13.0 Å². The predicted molar refractivity (Wildman–Crippen MR) is 84.5 cm³/mol. The SMILES string of the molecule is O=C(/C=C/c1ccccc1)c1ccc(CCOO)c(CO)c1. The second-order valence-corrected chi connectivity index (χ2v) is 4.83. The molecule has 0 saturated carbocycles. The van der Waals surface area contributed by atoms with Crippen LogP contribution in [0.15, 0.2) is 54.6 Å². The average Bonchev–Trinajstić information content (AvgIpc) is 2.58. The maximum Gasteiger partial charge on any atom is 0.185 e. The van der Waals surface area contributed by atoms with Crippen LogP contribution in [-0.4, -0.2) is 22.8 Å². The molecule has 0 atom stereocenters. The standard InChI is InChI=1S/C18H18O4/c19-13-17-12-16(8-7-15(17)10-11-22-21)18(20)9-6-14-4-2-1-3-5-14/h1-9,12,19,21H,10-11,13H2/b9-6+. The molecule has 0 bridgehead atoms. The molecule has 2 aromatic rings. The van der Waals surface area contributed by atoms with E-state index in [1.807, 2.05) is 30.3 Å². The van der Waals surface area contributed by atoms with E-state index < -0.39 is 0 Å². The van der Waals surface area contributed by atoms with Gasteiger partial charge >= 0.3 is 0 Å². The Morgan fingerprint density at radius 3 is 2.55 bits per heavy atom. The van der Waals surface area contributed by atoms with Crippen LogP contribution in [0, 0.1) is 0 Å². The summed E-state index contributed by atoms with van der Waals surface area (Å²) in [5, 5.41) is 17.8. The van der Waals surface area contributed by atoms with Gasteiger partial charge in [0.2, 0.25) is 0 Å². The summed E-state index contributed by atoms with van der Waals surface area (Å²) in [6, 6.07) is 14.7. The molecule has 2 N–H and O–H groups in total. The maximum atomic E-state index is 12.2. The molecule has 0 unspecified atom stereocenters. The minimum atomic E-state index is -0.162. The molecule has 4 heteroatoms. The molecule has 2 aromatic carbocycles. The van der Waals surface area contributed by atoms with E-state index in [0.29, 0.717) is 17.5 Å². The molecule has 0 fully saturated rings. The van der Waals surface area contributed by atoms with Gasteiger partial charge in [0.15, 0.2) is 5.78 Å². The fraction of sp³-hybridized carbons (Fsp3) is 0.167. The molecule has 2 rings (SSSR count). The number of allylic oxidation sites excluding steroid dienone is 1. The number of rotatable bonds is 7. The average molecular weight is 298 g/mol. The Kier molecular flexibility index (Phi) is 6.03. The molecule has 0 aliphatic heterocycles. The first kappa shape index (κ1) is 16.1. The number of hydrogen-bond acceptors (Lipinski definition) is 4. The molecule has 114 valence electrons. The van der Waals surface area contributed by atoms with Crippen molar-refractivity contribution >= 4 is 11.9 Å². The van der Waals surface area contributed by atoms with Crippen LogP contribution < -0.4 is 0 Å². The van der Waals surface area contributed by atoms with Crippen molar-refractivity contribution < 1.29 is 20.0 Å². The topological polar surface area (TPSA) is 66.8 Å². The third-order valence-corrected chi connectivity index (χ3v) is 3.35. The van der Waals surface area contributed by atoms with Gasteiger partial charge in [-0.1, -0.05) is 48.5 Å². The van der Waals surface area contributed by atoms with Crippen molar-refractivity contribution in [3.63, 3.8) is 0 Å². The van der Waals surface area contributed by atoms with E-state index in [2.05, 4.69) is 4.89 Å². The largest absolute Gasteiger partial charge is 0.392 e. The normalized spacial score (nSPS) is 11.0. The van der Waals surface area contributed by atoms with Crippen LogP contribution in [0.4, 0.5) is 0 Å². The first-order valence-electron chi connectivity index (χ1n) is 7.01. The second-order valence-electron chi connectivity index (χ2n) is 4.83. The van der Waals surface area contributed by atoms with E-state index >= 15 is 0 Å². The number of carbonyl (C=O) groups excluding carboxylic acids is 1. The highest BCUT2D eigenvalue weighted by atomic mass is 17.1. The molecule has 0 spiro atoms. The predicted octanol–water partition coefficient (Wildman–Crippen LogP) is 3.11. The molecule has 0 aliphatic rings. The molecule has 0 heterocycles. The lowest BCUT2D eigenvalue weighted by molar-refractivity contribution is -0.241. The number of carbonyl (C=O) groups is 1. The Hall–Kier alpha value is -2.27. The van der Waals surface area contributed by atoms with Crippen molar-refractivity contribution in [2.24, 2.45) is 0 Å². The molecule has 0 aromatic heterocycles. The molecule has 0 radical (unpaired) electrons. The van der Waals surface area contributed by atoms with E-state index in [0.717, 1.165) is 11.1 Å². The quantitative estimate of drug-likeness (QED) is 0.357. The van der Waals surface area contributed by atoms with Gasteiger partial charge in [0.05, 0.1) is 13.2 Å². The van der Waals surface area contributed by atoms with E-state index in [-0.39, 0.29) is 19.0 Å². The van der Waals surface area contributed by atoms with E-state index in [4.69, 9.17) is 5.26 Å². The minimum absolute atomic E-state index is 0.122. The van der Waals surface area contributed by atoms with E-state index in [9.17, 15) is 9.90 Å². The van der Waals surface area contributed by atoms with Crippen molar-refractivity contribution in [3.8, 4) is 0 Å². The molecular weight excluding hydrogens is 280 g/mol. The number of aliphatic hydroxyl groups is 1. The highest BCUT2D eigenvalue weighted by Crippen LogP contribution is 2.15. The van der Waals surface area contributed by atoms with Crippen LogP contribution in [-0.2, 0) is 17.9 Å². The summed E-state index contributed by atoms with van der Waals surface area (Å²) in [5.74, 6) is -0.122. The maximum absolute atomic E-state index is 12.2. The van der Waals surface area contributed by atoms with Crippen molar-refractivity contribution in [2.75, 3.05) is 6.61 Å². The zero-order valence-corrected chi connectivity index (χ0v) is 12.1. The minimum Gasteiger partial charge on any atom is -0.392 e. The summed E-state index contributed by atoms with van der Waals surface area (Å²) in [6.07, 6.45) is 3.75. The third kappa shape index (κ3) is 4.36. The van der Waals surface area contributed by atoms with Gasteiger partial charge in [-0.15, -0.1) is 0 Å². The lowest BCUT2D eigenvalue weighted by Crippen LogP contribution is -2.03. The van der Waals surface area contributed by atoms with Crippen LogP contribution in [0.2, 0.25) is 0 Å². The van der Waals surface area contributed by atoms with Crippen LogP contribution in [0.3, 0.4) is 0 Å². The zero-order valence-electron chi connectivity index (χ0n) is 12.1. The fourth-order valence-corrected chi connectivity index (χ4v) is 2.16. The first-order valence-corrected chi connectivity index (χ1v) is 7.01. The summed E-state index contributed by atoms with van der Waals surface area (Å²) in [7, 11) is 0. The van der Waals surface area contributed by atoms with Gasteiger partial charge < -0.3 is 5.11 Å². The Bertz CT molecular complexity index is 647. The van der Waals surface area contributed by atoms with E-state index in [1.165, 1.54) is 6.08 Å². The monoisotopic (exact) mass is 298 g/mol. The van der Waals surface area contributed by atoms with Crippen molar-refractivity contribution in [1.82, 2.24) is 0 Å². The second kappa shape index (κ2) is 8.24. The first-order chi connectivity index (χ1) is 10.7. The lowest BCUT2D eigenvalue weighted by atomic mass is 9.99. The highest BCUT2D eigenvalue weighted by Gasteiger charge is 2.07. The van der Waals surface area contributed by atoms with Crippen molar-refractivity contribution in [3.05, 3.63) is 76.9 Å². The third-order valence-electron chi connectivity index (χ3n) is 3.35. The molecule has 0 saturated heterocycles. The van der Waals surface area contributed by atoms with Gasteiger partial charge in [0, 0.05) is 5.56 Å². The Labute approximate surface area is 129 Å². The summed E-state index contributed by atoms with van der Waals surface area (Å²) in [5.41, 5.74) is 2.98. The fourth-order valence-electron chi connectivity index (χ4n) is 2.16. The summed E-state index contributed by atoms with van der Waals surface area (Å²) >= 11 is 0. The molecule has 0 aliphatic carbocycles. The number of hydrogen-bond donors (Lipinski definition) is 2. The van der Waals surface area contributed by atoms with Crippen molar-refractivity contribution in [1.29, 1.82) is 0 Å². The van der Waals surface area contributed by atoms with Crippen LogP contribution in [0.1, 0.15) is 27.0 Å². The Balaban J connectivity index is 2.14. The summed E-state index contributed by atoms with van der Waals surface area (Å²) in [6.45, 7) is -0.0154. The van der Waals surface area contributed by atoms with Gasteiger partial charge in [-0.2, -0.15) is 0 Å². The van der Waals surface area contributed by atoms with Gasteiger partial charge in [-0.25, -0.2) is 4.89 Å². The van der Waals surface area contributed by atoms with E-state index in [1.54, 1.807) is 24.3 Å². The number of benzene rings is 2. The zero-order chi connectivity index (χ0) is 15.8. The number of ketones is 1. The van der Waals surface area contributed by atoms with Crippen LogP contribution in [0.25, 0.3) is 6.08 Å².